The molecule has 5 rings (SSSR count). The van der Waals surface area contributed by atoms with E-state index < -0.39 is 11.7 Å². The Balaban J connectivity index is 1.23. The molecule has 10 heteroatoms. The lowest BCUT2D eigenvalue weighted by atomic mass is 9.44. The van der Waals surface area contributed by atoms with Crippen LogP contribution in [0.25, 0.3) is 0 Å². The van der Waals surface area contributed by atoms with Crippen LogP contribution in [0.1, 0.15) is 42.7 Å². The summed E-state index contributed by atoms with van der Waals surface area (Å²) < 4.78 is 23.6. The average molecular weight is 409 g/mol. The van der Waals surface area contributed by atoms with Crippen molar-refractivity contribution in [2.45, 2.75) is 43.7 Å². The number of aryl methyl sites for hydroxylation is 1. The number of nitrogens with zero attached hydrogens (tertiary/aromatic N) is 2. The van der Waals surface area contributed by atoms with E-state index in [4.69, 9.17) is 20.9 Å². The van der Waals surface area contributed by atoms with Crippen LogP contribution in [0.4, 0.5) is 4.39 Å². The Hall–Kier alpha value is -2.68. The first-order valence-corrected chi connectivity index (χ1v) is 9.24. The summed E-state index contributed by atoms with van der Waals surface area (Å²) in [5.41, 5.74) is -0.673. The third kappa shape index (κ3) is 3.42. The van der Waals surface area contributed by atoms with Gasteiger partial charge in [-0.1, -0.05) is 23.7 Å². The van der Waals surface area contributed by atoms with Gasteiger partial charge in [-0.05, 0) is 31.4 Å². The zero-order valence-electron chi connectivity index (χ0n) is 15.1. The summed E-state index contributed by atoms with van der Waals surface area (Å²) in [5, 5.41) is 9.52. The minimum absolute atomic E-state index is 0.00976. The Kier molecular flexibility index (Phi) is 4.49. The Labute approximate surface area is 164 Å². The van der Waals surface area contributed by atoms with Crippen molar-refractivity contribution in [1.82, 2.24) is 20.8 Å². The van der Waals surface area contributed by atoms with Crippen LogP contribution in [0.2, 0.25) is 5.02 Å². The molecule has 1 heterocycles. The second-order valence-electron chi connectivity index (χ2n) is 7.33. The number of halogens is 2. The second kappa shape index (κ2) is 6.73. The lowest BCUT2D eigenvalue weighted by molar-refractivity contribution is -0.141. The average Bonchev–Trinajstić information content (AvgIpc) is 3.09. The molecule has 28 heavy (non-hydrogen) atoms. The molecule has 2 amide bonds. The Morgan fingerprint density at radius 2 is 2.00 bits per heavy atom. The molecule has 3 saturated carbocycles. The van der Waals surface area contributed by atoms with Crippen molar-refractivity contribution in [1.29, 1.82) is 0 Å². The Morgan fingerprint density at radius 3 is 2.64 bits per heavy atom. The normalized spacial score (nSPS) is 24.7. The van der Waals surface area contributed by atoms with Gasteiger partial charge in [0.25, 0.3) is 5.91 Å². The van der Waals surface area contributed by atoms with E-state index >= 15 is 0 Å². The van der Waals surface area contributed by atoms with Crippen molar-refractivity contribution in [2.75, 3.05) is 6.61 Å². The fraction of sp³-hybridized carbons (Fsp3) is 0.444. The quantitative estimate of drug-likeness (QED) is 0.726. The van der Waals surface area contributed by atoms with E-state index in [0.29, 0.717) is 31.5 Å². The van der Waals surface area contributed by atoms with E-state index in [-0.39, 0.29) is 40.3 Å². The van der Waals surface area contributed by atoms with Gasteiger partial charge < -0.3 is 19.9 Å². The molecule has 0 unspecified atom stereocenters. The molecular formula is C18H18ClFN4O4. The molecule has 148 valence electrons. The van der Waals surface area contributed by atoms with Crippen LogP contribution in [-0.4, -0.2) is 39.6 Å². The lowest BCUT2D eigenvalue weighted by Crippen LogP contribution is -2.84. The maximum Gasteiger partial charge on any atom is 0.315 e. The van der Waals surface area contributed by atoms with Crippen molar-refractivity contribution in [3.8, 4) is 5.75 Å². The van der Waals surface area contributed by atoms with E-state index in [1.54, 1.807) is 0 Å². The number of amides is 2. The van der Waals surface area contributed by atoms with Crippen molar-refractivity contribution >= 4 is 23.4 Å². The van der Waals surface area contributed by atoms with E-state index in [0.717, 1.165) is 6.07 Å². The fourth-order valence-electron chi connectivity index (χ4n) is 3.88. The molecule has 0 spiro atoms. The van der Waals surface area contributed by atoms with Gasteiger partial charge in [0.15, 0.2) is 12.4 Å². The third-order valence-electron chi connectivity index (χ3n) is 5.05. The molecule has 2 aromatic rings. The summed E-state index contributed by atoms with van der Waals surface area (Å²) in [6, 6.07) is 3.99. The molecule has 2 N–H and O–H groups in total. The van der Waals surface area contributed by atoms with Gasteiger partial charge in [-0.3, -0.25) is 9.59 Å². The highest BCUT2D eigenvalue weighted by atomic mass is 35.5. The molecule has 3 aliphatic rings. The number of rotatable bonds is 7. The topological polar surface area (TPSA) is 106 Å². The van der Waals surface area contributed by atoms with Crippen LogP contribution < -0.4 is 15.4 Å². The molecular weight excluding hydrogens is 391 g/mol. The van der Waals surface area contributed by atoms with Gasteiger partial charge in [0, 0.05) is 23.6 Å². The molecule has 0 atom stereocenters. The van der Waals surface area contributed by atoms with Gasteiger partial charge in [-0.15, -0.1) is 0 Å². The number of hydrogen-bond acceptors (Lipinski definition) is 6. The standard InChI is InChI=1S/C18H18ClFN4O4/c1-2-13-21-16(28-24-13)15(26)23-18-7-17(8-18,9-18)22-14(25)6-27-10-3-4-11(19)12(20)5-10/h3-5H,2,6-9H2,1H3,(H,22,25)(H,23,26). The summed E-state index contributed by atoms with van der Waals surface area (Å²) in [7, 11) is 0. The minimum atomic E-state index is -0.607. The molecule has 1 aromatic carbocycles. The SMILES string of the molecule is CCc1noc(C(=O)NC23CC(NC(=O)COc4ccc(Cl)c(F)c4)(C2)C3)n1. The number of carbonyl (C=O) groups excluding carboxylic acids is 2. The highest BCUT2D eigenvalue weighted by molar-refractivity contribution is 6.30. The maximum atomic E-state index is 13.4. The second-order valence-corrected chi connectivity index (χ2v) is 7.73. The highest BCUT2D eigenvalue weighted by Gasteiger charge is 2.69. The zero-order valence-corrected chi connectivity index (χ0v) is 15.8. The van der Waals surface area contributed by atoms with Gasteiger partial charge in [-0.25, -0.2) is 4.39 Å². The molecule has 3 aliphatic carbocycles. The molecule has 0 saturated heterocycles. The number of nitrogens with one attached hydrogen (secondary N) is 2. The molecule has 8 nitrogen and oxygen atoms in total. The van der Waals surface area contributed by atoms with Gasteiger partial charge in [-0.2, -0.15) is 4.98 Å². The number of carbonyl (C=O) groups is 2. The van der Waals surface area contributed by atoms with Crippen LogP contribution in [0, 0.1) is 5.82 Å². The van der Waals surface area contributed by atoms with Crippen LogP contribution in [0.15, 0.2) is 22.7 Å². The largest absolute Gasteiger partial charge is 0.484 e. The fourth-order valence-corrected chi connectivity index (χ4v) is 4.00. The third-order valence-corrected chi connectivity index (χ3v) is 5.36. The van der Waals surface area contributed by atoms with Gasteiger partial charge in [0.1, 0.15) is 11.6 Å². The summed E-state index contributed by atoms with van der Waals surface area (Å²) in [5.74, 6) is -0.664. The van der Waals surface area contributed by atoms with E-state index in [1.165, 1.54) is 12.1 Å². The molecule has 3 fully saturated rings. The van der Waals surface area contributed by atoms with Crippen molar-refractivity contribution in [3.05, 3.63) is 40.8 Å². The van der Waals surface area contributed by atoms with Crippen LogP contribution in [0.3, 0.4) is 0 Å². The van der Waals surface area contributed by atoms with Gasteiger partial charge in [0.05, 0.1) is 5.02 Å². The van der Waals surface area contributed by atoms with Crippen LogP contribution >= 0.6 is 11.6 Å². The van der Waals surface area contributed by atoms with Crippen molar-refractivity contribution < 1.29 is 23.2 Å². The first-order chi connectivity index (χ1) is 13.3. The van der Waals surface area contributed by atoms with Crippen molar-refractivity contribution in [2.24, 2.45) is 0 Å². The monoisotopic (exact) mass is 408 g/mol. The molecule has 1 aromatic heterocycles. The first kappa shape index (κ1) is 18.7. The molecule has 2 bridgehead atoms. The van der Waals surface area contributed by atoms with E-state index in [2.05, 4.69) is 20.8 Å². The predicted octanol–water partition coefficient (Wildman–Crippen LogP) is 2.02. The number of benzene rings is 1. The number of aromatic nitrogens is 2. The summed E-state index contributed by atoms with van der Waals surface area (Å²) in [6.45, 7) is 1.64. The van der Waals surface area contributed by atoms with Gasteiger partial charge >= 0.3 is 11.8 Å². The highest BCUT2D eigenvalue weighted by Crippen LogP contribution is 2.60. The van der Waals surface area contributed by atoms with Crippen molar-refractivity contribution in [3.63, 3.8) is 0 Å². The number of hydrogen-bond donors (Lipinski definition) is 2. The Bertz CT molecular complexity index is 928. The summed E-state index contributed by atoms with van der Waals surface area (Å²) in [6.07, 6.45) is 2.47. The summed E-state index contributed by atoms with van der Waals surface area (Å²) in [4.78, 5) is 28.3. The summed E-state index contributed by atoms with van der Waals surface area (Å²) >= 11 is 5.61. The lowest BCUT2D eigenvalue weighted by Gasteiger charge is -2.70. The van der Waals surface area contributed by atoms with Crippen LogP contribution in [0.5, 0.6) is 5.75 Å². The smallest absolute Gasteiger partial charge is 0.315 e. The predicted molar refractivity (Wildman–Crippen MR) is 95.5 cm³/mol. The Morgan fingerprint density at radius 1 is 1.29 bits per heavy atom. The van der Waals surface area contributed by atoms with E-state index in [1.807, 2.05) is 6.92 Å². The zero-order chi connectivity index (χ0) is 19.9. The van der Waals surface area contributed by atoms with E-state index in [9.17, 15) is 14.0 Å². The number of ether oxygens (including phenoxy) is 1. The first-order valence-electron chi connectivity index (χ1n) is 8.86. The minimum Gasteiger partial charge on any atom is -0.484 e. The maximum absolute atomic E-state index is 13.4. The molecule has 0 radical (unpaired) electrons. The molecule has 0 aliphatic heterocycles. The van der Waals surface area contributed by atoms with Gasteiger partial charge in [0.2, 0.25) is 0 Å². The van der Waals surface area contributed by atoms with Crippen LogP contribution in [-0.2, 0) is 11.2 Å².